The Kier molecular flexibility index (Phi) is 6.08. The first-order valence-corrected chi connectivity index (χ1v) is 10.1. The number of hydrogen-bond acceptors (Lipinski definition) is 6. The minimum atomic E-state index is -0.247. The van der Waals surface area contributed by atoms with Gasteiger partial charge in [0.2, 0.25) is 5.91 Å². The number of thiophene rings is 1. The van der Waals surface area contributed by atoms with E-state index < -0.39 is 0 Å². The van der Waals surface area contributed by atoms with Gasteiger partial charge in [-0.05, 0) is 51.1 Å². The summed E-state index contributed by atoms with van der Waals surface area (Å²) in [6, 6.07) is 7.62. The molecule has 0 spiro atoms. The molecule has 8 heteroatoms. The molecule has 0 saturated carbocycles. The second-order valence-electron chi connectivity index (χ2n) is 5.08. The van der Waals surface area contributed by atoms with Crippen molar-refractivity contribution in [1.29, 1.82) is 0 Å². The average Bonchev–Trinajstić information content (AvgIpc) is 3.30. The molecule has 0 aliphatic heterocycles. The number of nitrogens with zero attached hydrogens (tertiary/aromatic N) is 1. The summed E-state index contributed by atoms with van der Waals surface area (Å²) in [5, 5.41) is 7.27. The number of carbonyl (C=O) groups is 1. The Bertz CT molecular complexity index is 936. The predicted octanol–water partition coefficient (Wildman–Crippen LogP) is 5.30. The normalized spacial score (nSPS) is 10.9. The summed E-state index contributed by atoms with van der Waals surface area (Å²) in [7, 11) is 3.14. The Morgan fingerprint density at radius 3 is 2.81 bits per heavy atom. The molecular weight excluding hydrogens is 436 g/mol. The third-order valence-electron chi connectivity index (χ3n) is 3.39. The highest BCUT2D eigenvalue weighted by molar-refractivity contribution is 9.10. The molecule has 1 N–H and O–H groups in total. The van der Waals surface area contributed by atoms with Crippen molar-refractivity contribution < 1.29 is 14.3 Å². The zero-order valence-electron chi connectivity index (χ0n) is 14.0. The molecule has 0 radical (unpaired) electrons. The molecule has 2 heterocycles. The summed E-state index contributed by atoms with van der Waals surface area (Å²) in [5.41, 5.74) is 1.68. The van der Waals surface area contributed by atoms with Gasteiger partial charge in [-0.3, -0.25) is 10.1 Å². The molecule has 0 aliphatic rings. The lowest BCUT2D eigenvalue weighted by atomic mass is 10.2. The Balaban J connectivity index is 1.69. The first-order chi connectivity index (χ1) is 12.6. The van der Waals surface area contributed by atoms with Crippen LogP contribution < -0.4 is 14.8 Å². The molecule has 0 fully saturated rings. The number of halogens is 1. The van der Waals surface area contributed by atoms with E-state index in [0.29, 0.717) is 16.6 Å². The first-order valence-electron chi connectivity index (χ1n) is 7.50. The second-order valence-corrected chi connectivity index (χ2v) is 7.74. The van der Waals surface area contributed by atoms with Gasteiger partial charge in [-0.1, -0.05) is 6.07 Å². The Morgan fingerprint density at radius 1 is 1.27 bits per heavy atom. The van der Waals surface area contributed by atoms with Crippen LogP contribution in [0.3, 0.4) is 0 Å². The predicted molar refractivity (Wildman–Crippen MR) is 110 cm³/mol. The molecule has 0 atom stereocenters. The van der Waals surface area contributed by atoms with Crippen molar-refractivity contribution in [1.82, 2.24) is 4.98 Å². The van der Waals surface area contributed by atoms with Crippen molar-refractivity contribution in [3.63, 3.8) is 0 Å². The van der Waals surface area contributed by atoms with Crippen LogP contribution in [-0.4, -0.2) is 25.1 Å². The SMILES string of the molecule is COc1cc(/C=C/C(=O)Nc2nc(-c3cccs3)cs2)cc(Br)c1OC. The molecule has 0 aliphatic carbocycles. The van der Waals surface area contributed by atoms with Crippen LogP contribution in [0.1, 0.15) is 5.56 Å². The van der Waals surface area contributed by atoms with E-state index >= 15 is 0 Å². The lowest BCUT2D eigenvalue weighted by Crippen LogP contribution is -2.07. The maximum absolute atomic E-state index is 12.1. The number of benzene rings is 1. The number of carbonyl (C=O) groups excluding carboxylic acids is 1. The summed E-state index contributed by atoms with van der Waals surface area (Å²) in [6.45, 7) is 0. The fourth-order valence-electron chi connectivity index (χ4n) is 2.22. The van der Waals surface area contributed by atoms with Crippen molar-refractivity contribution in [2.75, 3.05) is 19.5 Å². The molecule has 3 aromatic rings. The van der Waals surface area contributed by atoms with Gasteiger partial charge in [0.1, 0.15) is 0 Å². The molecule has 0 bridgehead atoms. The average molecular weight is 451 g/mol. The van der Waals surface area contributed by atoms with E-state index in [4.69, 9.17) is 9.47 Å². The van der Waals surface area contributed by atoms with Crippen molar-refractivity contribution in [3.8, 4) is 22.1 Å². The number of aromatic nitrogens is 1. The quantitative estimate of drug-likeness (QED) is 0.517. The monoisotopic (exact) mass is 450 g/mol. The summed E-state index contributed by atoms with van der Waals surface area (Å²) < 4.78 is 11.3. The van der Waals surface area contributed by atoms with E-state index in [1.807, 2.05) is 29.0 Å². The lowest BCUT2D eigenvalue weighted by molar-refractivity contribution is -0.111. The molecular formula is C18H15BrN2O3S2. The Morgan fingerprint density at radius 2 is 2.12 bits per heavy atom. The van der Waals surface area contributed by atoms with E-state index in [2.05, 4.69) is 26.2 Å². The largest absolute Gasteiger partial charge is 0.493 e. The third-order valence-corrected chi connectivity index (χ3v) is 5.63. The number of anilines is 1. The van der Waals surface area contributed by atoms with E-state index in [0.717, 1.165) is 20.6 Å². The molecule has 5 nitrogen and oxygen atoms in total. The van der Waals surface area contributed by atoms with Crippen LogP contribution in [0.2, 0.25) is 0 Å². The van der Waals surface area contributed by atoms with Gasteiger partial charge in [-0.2, -0.15) is 0 Å². The van der Waals surface area contributed by atoms with Crippen molar-refractivity contribution >= 4 is 55.7 Å². The van der Waals surface area contributed by atoms with Crippen molar-refractivity contribution in [3.05, 3.63) is 51.1 Å². The van der Waals surface area contributed by atoms with Crippen molar-refractivity contribution in [2.24, 2.45) is 0 Å². The third kappa shape index (κ3) is 4.32. The van der Waals surface area contributed by atoms with E-state index in [1.165, 1.54) is 17.4 Å². The van der Waals surface area contributed by atoms with Gasteiger partial charge in [0, 0.05) is 11.5 Å². The molecule has 2 aromatic heterocycles. The molecule has 0 saturated heterocycles. The highest BCUT2D eigenvalue weighted by Crippen LogP contribution is 2.36. The van der Waals surface area contributed by atoms with Gasteiger partial charge >= 0.3 is 0 Å². The number of nitrogens with one attached hydrogen (secondary N) is 1. The van der Waals surface area contributed by atoms with Gasteiger partial charge in [0.25, 0.3) is 0 Å². The number of rotatable bonds is 6. The van der Waals surface area contributed by atoms with Gasteiger partial charge in [-0.25, -0.2) is 4.98 Å². The topological polar surface area (TPSA) is 60.5 Å². The summed E-state index contributed by atoms with van der Waals surface area (Å²) in [5.74, 6) is 0.948. The minimum absolute atomic E-state index is 0.247. The smallest absolute Gasteiger partial charge is 0.250 e. The second kappa shape index (κ2) is 8.48. The van der Waals surface area contributed by atoms with Crippen molar-refractivity contribution in [2.45, 2.75) is 0 Å². The van der Waals surface area contributed by atoms with Crippen LogP contribution in [0.5, 0.6) is 11.5 Å². The Labute approximate surface area is 167 Å². The summed E-state index contributed by atoms with van der Waals surface area (Å²) in [6.07, 6.45) is 3.16. The molecule has 26 heavy (non-hydrogen) atoms. The Hall–Kier alpha value is -2.16. The highest BCUT2D eigenvalue weighted by Gasteiger charge is 2.10. The fourth-order valence-corrected chi connectivity index (χ4v) is 4.32. The standard InChI is InChI=1S/C18H15BrN2O3S2/c1-23-14-9-11(8-12(19)17(14)24-2)5-6-16(22)21-18-20-13(10-26-18)15-4-3-7-25-15/h3-10H,1-2H3,(H,20,21,22)/b6-5+. The number of methoxy groups -OCH3 is 2. The van der Waals surface area contributed by atoms with E-state index in [1.54, 1.807) is 37.7 Å². The van der Waals surface area contributed by atoms with Crippen LogP contribution >= 0.6 is 38.6 Å². The summed E-state index contributed by atoms with van der Waals surface area (Å²) >= 11 is 6.45. The highest BCUT2D eigenvalue weighted by atomic mass is 79.9. The van der Waals surface area contributed by atoms with Crippen LogP contribution in [0.15, 0.2) is 45.6 Å². The first kappa shape index (κ1) is 18.6. The van der Waals surface area contributed by atoms with Gasteiger partial charge in [-0.15, -0.1) is 22.7 Å². The maximum Gasteiger partial charge on any atom is 0.250 e. The number of amides is 1. The van der Waals surface area contributed by atoms with E-state index in [9.17, 15) is 4.79 Å². The minimum Gasteiger partial charge on any atom is -0.493 e. The van der Waals surface area contributed by atoms with Gasteiger partial charge < -0.3 is 9.47 Å². The molecule has 134 valence electrons. The molecule has 1 aromatic carbocycles. The molecule has 3 rings (SSSR count). The number of thiazole rings is 1. The zero-order valence-corrected chi connectivity index (χ0v) is 17.2. The zero-order chi connectivity index (χ0) is 18.5. The van der Waals surface area contributed by atoms with Crippen LogP contribution in [0, 0.1) is 0 Å². The lowest BCUT2D eigenvalue weighted by Gasteiger charge is -2.10. The van der Waals surface area contributed by atoms with Crippen LogP contribution in [-0.2, 0) is 4.79 Å². The number of hydrogen-bond donors (Lipinski definition) is 1. The van der Waals surface area contributed by atoms with E-state index in [-0.39, 0.29) is 5.91 Å². The van der Waals surface area contributed by atoms with Crippen LogP contribution in [0.4, 0.5) is 5.13 Å². The number of ether oxygens (including phenoxy) is 2. The molecule has 1 amide bonds. The fraction of sp³-hybridized carbons (Fsp3) is 0.111. The summed E-state index contributed by atoms with van der Waals surface area (Å²) in [4.78, 5) is 17.7. The van der Waals surface area contributed by atoms with Gasteiger partial charge in [0.05, 0.1) is 29.3 Å². The van der Waals surface area contributed by atoms with Gasteiger partial charge in [0.15, 0.2) is 16.6 Å². The van der Waals surface area contributed by atoms with Crippen LogP contribution in [0.25, 0.3) is 16.6 Å². The maximum atomic E-state index is 12.1. The molecule has 0 unspecified atom stereocenters.